The summed E-state index contributed by atoms with van der Waals surface area (Å²) in [6.07, 6.45) is 2.87. The Kier molecular flexibility index (Phi) is 4.68. The minimum absolute atomic E-state index is 0.00973. The van der Waals surface area contributed by atoms with E-state index in [1.807, 2.05) is 48.5 Å². The molecule has 1 aliphatic heterocycles. The molecule has 2 aromatic carbocycles. The van der Waals surface area contributed by atoms with Crippen LogP contribution in [0.2, 0.25) is 0 Å². The van der Waals surface area contributed by atoms with E-state index in [9.17, 15) is 8.42 Å². The number of aromatic nitrogens is 1. The van der Waals surface area contributed by atoms with E-state index in [-0.39, 0.29) is 10.8 Å². The number of fused-ring (bicyclic) bond motifs is 1. The van der Waals surface area contributed by atoms with Crippen molar-refractivity contribution in [3.8, 4) is 5.75 Å². The molecule has 1 unspecified atom stereocenters. The fourth-order valence-electron chi connectivity index (χ4n) is 3.53. The van der Waals surface area contributed by atoms with Crippen LogP contribution in [-0.2, 0) is 16.6 Å². The van der Waals surface area contributed by atoms with Crippen LogP contribution in [0.4, 0.5) is 0 Å². The molecule has 0 saturated heterocycles. The zero-order valence-corrected chi connectivity index (χ0v) is 15.8. The van der Waals surface area contributed by atoms with Gasteiger partial charge in [-0.15, -0.1) is 0 Å². The lowest BCUT2D eigenvalue weighted by Gasteiger charge is -2.34. The van der Waals surface area contributed by atoms with Gasteiger partial charge in [0.05, 0.1) is 13.3 Å². The van der Waals surface area contributed by atoms with Crippen LogP contribution in [0.15, 0.2) is 78.0 Å². The summed E-state index contributed by atoms with van der Waals surface area (Å²) in [5, 5.41) is 0. The first kappa shape index (κ1) is 17.7. The van der Waals surface area contributed by atoms with Gasteiger partial charge in [-0.25, -0.2) is 8.42 Å². The first-order chi connectivity index (χ1) is 13.1. The van der Waals surface area contributed by atoms with Crippen LogP contribution < -0.4 is 4.74 Å². The van der Waals surface area contributed by atoms with Crippen LogP contribution in [-0.4, -0.2) is 31.4 Å². The predicted molar refractivity (Wildman–Crippen MR) is 103 cm³/mol. The molecule has 138 valence electrons. The second-order valence-electron chi connectivity index (χ2n) is 6.52. The minimum atomic E-state index is -3.69. The summed E-state index contributed by atoms with van der Waals surface area (Å²) >= 11 is 0. The Morgan fingerprint density at radius 1 is 1.04 bits per heavy atom. The molecule has 0 spiro atoms. The second-order valence-corrected chi connectivity index (χ2v) is 8.46. The van der Waals surface area contributed by atoms with E-state index >= 15 is 0 Å². The van der Waals surface area contributed by atoms with Gasteiger partial charge >= 0.3 is 0 Å². The van der Waals surface area contributed by atoms with Crippen molar-refractivity contribution in [2.75, 3.05) is 13.7 Å². The maximum atomic E-state index is 13.3. The van der Waals surface area contributed by atoms with E-state index in [4.69, 9.17) is 4.74 Å². The lowest BCUT2D eigenvalue weighted by Crippen LogP contribution is -2.38. The summed E-state index contributed by atoms with van der Waals surface area (Å²) in [4.78, 5) is 4.15. The predicted octanol–water partition coefficient (Wildman–Crippen LogP) is 3.43. The van der Waals surface area contributed by atoms with Crippen molar-refractivity contribution < 1.29 is 13.2 Å². The minimum Gasteiger partial charge on any atom is -0.495 e. The molecule has 1 aromatic heterocycles. The molecule has 1 aliphatic rings. The largest absolute Gasteiger partial charge is 0.495 e. The molecule has 4 rings (SSSR count). The van der Waals surface area contributed by atoms with Gasteiger partial charge in [0.1, 0.15) is 10.6 Å². The van der Waals surface area contributed by atoms with Crippen molar-refractivity contribution in [2.24, 2.45) is 0 Å². The zero-order valence-electron chi connectivity index (χ0n) is 14.9. The molecular formula is C21H20N2O3S. The van der Waals surface area contributed by atoms with E-state index < -0.39 is 10.0 Å². The molecule has 0 bridgehead atoms. The summed E-state index contributed by atoms with van der Waals surface area (Å²) in [6, 6.07) is 19.6. The fraction of sp³-hybridized carbons (Fsp3) is 0.190. The summed E-state index contributed by atoms with van der Waals surface area (Å²) < 4.78 is 33.2. The van der Waals surface area contributed by atoms with Crippen LogP contribution in [0.25, 0.3) is 0 Å². The van der Waals surface area contributed by atoms with Gasteiger partial charge in [-0.05, 0) is 16.7 Å². The fourth-order valence-corrected chi connectivity index (χ4v) is 4.94. The molecule has 0 fully saturated rings. The highest BCUT2D eigenvalue weighted by Crippen LogP contribution is 2.36. The number of methoxy groups -OCH3 is 1. The highest BCUT2D eigenvalue weighted by Gasteiger charge is 2.34. The number of benzene rings is 2. The molecule has 6 heteroatoms. The van der Waals surface area contributed by atoms with Crippen molar-refractivity contribution in [3.63, 3.8) is 0 Å². The van der Waals surface area contributed by atoms with E-state index in [0.29, 0.717) is 18.8 Å². The van der Waals surface area contributed by atoms with Gasteiger partial charge in [-0.2, -0.15) is 4.31 Å². The molecular weight excluding hydrogens is 360 g/mol. The number of hydrogen-bond donors (Lipinski definition) is 0. The van der Waals surface area contributed by atoms with Crippen LogP contribution >= 0.6 is 0 Å². The third-order valence-electron chi connectivity index (χ3n) is 4.93. The summed E-state index contributed by atoms with van der Waals surface area (Å²) in [7, 11) is -2.19. The van der Waals surface area contributed by atoms with E-state index in [1.54, 1.807) is 0 Å². The number of nitrogens with zero attached hydrogens (tertiary/aromatic N) is 2. The van der Waals surface area contributed by atoms with Crippen LogP contribution in [0.1, 0.15) is 22.6 Å². The van der Waals surface area contributed by atoms with Crippen molar-refractivity contribution >= 4 is 10.0 Å². The molecule has 0 aliphatic carbocycles. The van der Waals surface area contributed by atoms with E-state index in [2.05, 4.69) is 11.1 Å². The van der Waals surface area contributed by atoms with Gasteiger partial charge in [0.2, 0.25) is 10.0 Å². The van der Waals surface area contributed by atoms with Gasteiger partial charge in [0.25, 0.3) is 0 Å². The maximum Gasteiger partial charge on any atom is 0.245 e. The van der Waals surface area contributed by atoms with E-state index in [1.165, 1.54) is 35.4 Å². The van der Waals surface area contributed by atoms with Crippen molar-refractivity contribution in [1.29, 1.82) is 0 Å². The van der Waals surface area contributed by atoms with Crippen molar-refractivity contribution in [3.05, 3.63) is 89.7 Å². The van der Waals surface area contributed by atoms with Gasteiger partial charge < -0.3 is 4.74 Å². The van der Waals surface area contributed by atoms with Crippen LogP contribution in [0.5, 0.6) is 5.75 Å². The number of sulfonamides is 1. The molecule has 2 heterocycles. The Balaban J connectivity index is 1.76. The molecule has 0 radical (unpaired) electrons. The summed E-state index contributed by atoms with van der Waals surface area (Å²) in [5.41, 5.74) is 3.31. The molecule has 1 atom stereocenters. The molecule has 0 saturated carbocycles. The Bertz CT molecular complexity index is 1050. The average Bonchev–Trinajstić information content (AvgIpc) is 2.73. The Morgan fingerprint density at radius 3 is 2.56 bits per heavy atom. The third-order valence-corrected chi connectivity index (χ3v) is 6.70. The van der Waals surface area contributed by atoms with Crippen LogP contribution in [0, 0.1) is 0 Å². The van der Waals surface area contributed by atoms with Gasteiger partial charge in [0.15, 0.2) is 0 Å². The van der Waals surface area contributed by atoms with Crippen molar-refractivity contribution in [2.45, 2.75) is 17.4 Å². The number of hydrogen-bond acceptors (Lipinski definition) is 4. The average molecular weight is 380 g/mol. The number of pyridine rings is 1. The number of rotatable bonds is 4. The SMILES string of the molecule is COc1cncc(S(=O)(=O)N2Cc3ccccc3C(c3ccccc3)C2)c1. The zero-order chi connectivity index (χ0) is 18.9. The summed E-state index contributed by atoms with van der Waals surface area (Å²) in [5.74, 6) is 0.414. The first-order valence-electron chi connectivity index (χ1n) is 8.71. The monoisotopic (exact) mass is 380 g/mol. The maximum absolute atomic E-state index is 13.3. The number of ether oxygens (including phenoxy) is 1. The molecule has 27 heavy (non-hydrogen) atoms. The molecule has 3 aromatic rings. The summed E-state index contributed by atoms with van der Waals surface area (Å²) in [6.45, 7) is 0.736. The van der Waals surface area contributed by atoms with Crippen LogP contribution in [0.3, 0.4) is 0 Å². The molecule has 0 N–H and O–H groups in total. The van der Waals surface area contributed by atoms with E-state index in [0.717, 1.165) is 11.1 Å². The molecule has 0 amide bonds. The normalized spacial score (nSPS) is 17.3. The Hall–Kier alpha value is -2.70. The highest BCUT2D eigenvalue weighted by atomic mass is 32.2. The Labute approximate surface area is 159 Å². The smallest absolute Gasteiger partial charge is 0.245 e. The first-order valence-corrected chi connectivity index (χ1v) is 10.2. The topological polar surface area (TPSA) is 59.5 Å². The standard InChI is InChI=1S/C21H20N2O3S/c1-26-18-11-19(13-22-12-18)27(24,25)23-14-17-9-5-6-10-20(17)21(15-23)16-7-3-2-4-8-16/h2-13,21H,14-15H2,1H3. The van der Waals surface area contributed by atoms with Gasteiger partial charge in [-0.1, -0.05) is 54.6 Å². The second kappa shape index (κ2) is 7.13. The highest BCUT2D eigenvalue weighted by molar-refractivity contribution is 7.89. The Morgan fingerprint density at radius 2 is 1.78 bits per heavy atom. The van der Waals surface area contributed by atoms with Gasteiger partial charge in [-0.3, -0.25) is 4.98 Å². The third kappa shape index (κ3) is 3.34. The van der Waals surface area contributed by atoms with Gasteiger partial charge in [0, 0.05) is 31.3 Å². The molecule has 5 nitrogen and oxygen atoms in total. The van der Waals surface area contributed by atoms with Crippen molar-refractivity contribution in [1.82, 2.24) is 9.29 Å². The lowest BCUT2D eigenvalue weighted by molar-refractivity contribution is 0.370. The lowest BCUT2D eigenvalue weighted by atomic mass is 9.86. The quantitative estimate of drug-likeness (QED) is 0.696.